The van der Waals surface area contributed by atoms with Gasteiger partial charge in [0, 0.05) is 6.54 Å². The van der Waals surface area contributed by atoms with Crippen LogP contribution >= 0.6 is 0 Å². The fourth-order valence-electron chi connectivity index (χ4n) is 4.05. The third-order valence-electron chi connectivity index (χ3n) is 5.43. The highest BCUT2D eigenvalue weighted by Crippen LogP contribution is 2.31. The lowest BCUT2D eigenvalue weighted by Crippen LogP contribution is -2.34. The number of benzene rings is 2. The molecular weight excluding hydrogens is 313 g/mol. The lowest BCUT2D eigenvalue weighted by Gasteiger charge is -2.30. The van der Waals surface area contributed by atoms with E-state index in [0.29, 0.717) is 11.8 Å². The Balaban J connectivity index is 1.44. The van der Waals surface area contributed by atoms with Crippen molar-refractivity contribution >= 4 is 0 Å². The van der Waals surface area contributed by atoms with Crippen LogP contribution in [0.15, 0.2) is 54.8 Å². The fourth-order valence-corrected chi connectivity index (χ4v) is 4.05. The molecule has 0 spiro atoms. The summed E-state index contributed by atoms with van der Waals surface area (Å²) in [6, 6.07) is 13.3. The Morgan fingerprint density at radius 3 is 2.76 bits per heavy atom. The van der Waals surface area contributed by atoms with Crippen LogP contribution in [0.5, 0.6) is 5.75 Å². The summed E-state index contributed by atoms with van der Waals surface area (Å²) in [5.74, 6) is 1.50. The van der Waals surface area contributed by atoms with Gasteiger partial charge in [-0.1, -0.05) is 18.2 Å². The predicted octanol–water partition coefficient (Wildman–Crippen LogP) is 4.60. The highest BCUT2D eigenvalue weighted by atomic mass is 19.1. The van der Waals surface area contributed by atoms with E-state index in [9.17, 15) is 4.39 Å². The van der Waals surface area contributed by atoms with Gasteiger partial charge in [-0.3, -0.25) is 0 Å². The van der Waals surface area contributed by atoms with Gasteiger partial charge in [0.2, 0.25) is 0 Å². The van der Waals surface area contributed by atoms with Crippen molar-refractivity contribution in [1.82, 2.24) is 5.32 Å². The second kappa shape index (κ2) is 7.40. The summed E-state index contributed by atoms with van der Waals surface area (Å²) in [5, 5.41) is 3.45. The minimum Gasteiger partial charge on any atom is -0.465 e. The number of nitrogens with one attached hydrogen (secondary N) is 1. The molecule has 0 bridgehead atoms. The zero-order valence-corrected chi connectivity index (χ0v) is 14.4. The number of ether oxygens (including phenoxy) is 1. The number of fused-ring (bicyclic) bond motifs is 1. The van der Waals surface area contributed by atoms with Gasteiger partial charge >= 0.3 is 0 Å². The van der Waals surface area contributed by atoms with Crippen molar-refractivity contribution in [2.24, 2.45) is 5.92 Å². The highest BCUT2D eigenvalue weighted by molar-refractivity contribution is 5.38. The summed E-state index contributed by atoms with van der Waals surface area (Å²) < 4.78 is 19.1. The van der Waals surface area contributed by atoms with E-state index in [1.165, 1.54) is 29.5 Å². The van der Waals surface area contributed by atoms with E-state index in [0.717, 1.165) is 31.7 Å². The molecule has 25 heavy (non-hydrogen) atoms. The van der Waals surface area contributed by atoms with E-state index in [1.807, 2.05) is 18.4 Å². The number of piperidine rings is 1. The molecule has 0 aromatic heterocycles. The first-order valence-electron chi connectivity index (χ1n) is 9.21. The maximum atomic E-state index is 13.2. The Morgan fingerprint density at radius 1 is 1.04 bits per heavy atom. The molecule has 0 amide bonds. The van der Waals surface area contributed by atoms with Crippen molar-refractivity contribution in [3.8, 4) is 5.75 Å². The first-order chi connectivity index (χ1) is 12.3. The van der Waals surface area contributed by atoms with E-state index in [-0.39, 0.29) is 5.82 Å². The third kappa shape index (κ3) is 3.77. The molecular formula is C22H24FNO. The lowest BCUT2D eigenvalue weighted by atomic mass is 9.81. The fraction of sp³-hybridized carbons (Fsp3) is 0.364. The van der Waals surface area contributed by atoms with E-state index in [2.05, 4.69) is 29.6 Å². The second-order valence-corrected chi connectivity index (χ2v) is 7.05. The maximum absolute atomic E-state index is 13.2. The molecule has 0 saturated carbocycles. The van der Waals surface area contributed by atoms with Crippen molar-refractivity contribution < 1.29 is 9.13 Å². The molecule has 1 heterocycles. The van der Waals surface area contributed by atoms with Gasteiger partial charge in [0.15, 0.2) is 0 Å². The topological polar surface area (TPSA) is 21.3 Å². The van der Waals surface area contributed by atoms with E-state index < -0.39 is 0 Å². The third-order valence-corrected chi connectivity index (χ3v) is 5.43. The molecule has 2 aromatic carbocycles. The van der Waals surface area contributed by atoms with Crippen LogP contribution in [-0.2, 0) is 12.8 Å². The van der Waals surface area contributed by atoms with Crippen LogP contribution in [0.4, 0.5) is 4.39 Å². The van der Waals surface area contributed by atoms with Crippen molar-refractivity contribution in [1.29, 1.82) is 0 Å². The van der Waals surface area contributed by atoms with Gasteiger partial charge < -0.3 is 10.1 Å². The molecule has 2 aliphatic rings. The summed E-state index contributed by atoms with van der Waals surface area (Å²) in [4.78, 5) is 0. The lowest BCUT2D eigenvalue weighted by molar-refractivity contribution is 0.372. The van der Waals surface area contributed by atoms with Crippen molar-refractivity contribution in [2.45, 2.75) is 31.6 Å². The van der Waals surface area contributed by atoms with E-state index in [4.69, 9.17) is 4.74 Å². The van der Waals surface area contributed by atoms with Crippen LogP contribution in [0, 0.1) is 11.7 Å². The standard InChI is InChI=1S/C22H24FNO/c23-20-7-4-17(5-8-20)22-10-12-24-15-19(22)11-13-25-21-9-6-16-2-1-3-18(16)14-21/h4-9,11,13-14,19,22,24H,1-3,10,12,15H2/b13-11+/t19?,22-/m0/s1. The Kier molecular flexibility index (Phi) is 4.84. The van der Waals surface area contributed by atoms with Gasteiger partial charge in [-0.15, -0.1) is 0 Å². The Labute approximate surface area is 148 Å². The normalized spacial score (nSPS) is 22.9. The number of rotatable bonds is 4. The molecule has 130 valence electrons. The van der Waals surface area contributed by atoms with Gasteiger partial charge in [0.05, 0.1) is 6.26 Å². The predicted molar refractivity (Wildman–Crippen MR) is 98.4 cm³/mol. The Morgan fingerprint density at radius 2 is 1.88 bits per heavy atom. The van der Waals surface area contributed by atoms with Crippen molar-refractivity contribution in [3.05, 3.63) is 77.3 Å². The minimum atomic E-state index is -0.176. The molecule has 4 rings (SSSR count). The SMILES string of the molecule is Fc1ccc([C@@H]2CCNCC2/C=C/Oc2ccc3c(c2)CCC3)cc1. The van der Waals surface area contributed by atoms with E-state index >= 15 is 0 Å². The molecule has 0 radical (unpaired) electrons. The average molecular weight is 337 g/mol. The van der Waals surface area contributed by atoms with Crippen LogP contribution in [-0.4, -0.2) is 13.1 Å². The van der Waals surface area contributed by atoms with Crippen LogP contribution in [0.2, 0.25) is 0 Å². The van der Waals surface area contributed by atoms with E-state index in [1.54, 1.807) is 12.1 Å². The molecule has 1 aliphatic heterocycles. The summed E-state index contributed by atoms with van der Waals surface area (Å²) in [6.45, 7) is 1.92. The van der Waals surface area contributed by atoms with Crippen molar-refractivity contribution in [3.63, 3.8) is 0 Å². The van der Waals surface area contributed by atoms with Gasteiger partial charge in [0.25, 0.3) is 0 Å². The summed E-state index contributed by atoms with van der Waals surface area (Å²) >= 11 is 0. The number of hydrogen-bond donors (Lipinski definition) is 1. The van der Waals surface area contributed by atoms with Crippen LogP contribution < -0.4 is 10.1 Å². The quantitative estimate of drug-likeness (QED) is 0.823. The number of halogens is 1. The van der Waals surface area contributed by atoms with Gasteiger partial charge in [-0.05, 0) is 91.1 Å². The second-order valence-electron chi connectivity index (χ2n) is 7.05. The number of hydrogen-bond acceptors (Lipinski definition) is 2. The monoisotopic (exact) mass is 337 g/mol. The maximum Gasteiger partial charge on any atom is 0.126 e. The van der Waals surface area contributed by atoms with Gasteiger partial charge in [0.1, 0.15) is 11.6 Å². The number of aryl methyl sites for hydroxylation is 2. The summed E-state index contributed by atoms with van der Waals surface area (Å²) in [7, 11) is 0. The highest BCUT2D eigenvalue weighted by Gasteiger charge is 2.24. The van der Waals surface area contributed by atoms with Gasteiger partial charge in [-0.25, -0.2) is 4.39 Å². The first-order valence-corrected chi connectivity index (χ1v) is 9.21. The smallest absolute Gasteiger partial charge is 0.126 e. The molecule has 3 heteroatoms. The van der Waals surface area contributed by atoms with Crippen LogP contribution in [0.25, 0.3) is 0 Å². The molecule has 1 N–H and O–H groups in total. The van der Waals surface area contributed by atoms with Crippen LogP contribution in [0.3, 0.4) is 0 Å². The van der Waals surface area contributed by atoms with Crippen molar-refractivity contribution in [2.75, 3.05) is 13.1 Å². The largest absolute Gasteiger partial charge is 0.465 e. The molecule has 2 atom stereocenters. The Bertz CT molecular complexity index is 753. The molecule has 1 fully saturated rings. The average Bonchev–Trinajstić information content (AvgIpc) is 3.11. The zero-order chi connectivity index (χ0) is 17.1. The zero-order valence-electron chi connectivity index (χ0n) is 14.4. The Hall–Kier alpha value is -2.13. The van der Waals surface area contributed by atoms with Crippen LogP contribution in [0.1, 0.15) is 35.4 Å². The molecule has 2 nitrogen and oxygen atoms in total. The molecule has 1 unspecified atom stereocenters. The van der Waals surface area contributed by atoms with Gasteiger partial charge in [-0.2, -0.15) is 0 Å². The minimum absolute atomic E-state index is 0.176. The molecule has 1 aliphatic carbocycles. The summed E-state index contributed by atoms with van der Waals surface area (Å²) in [5.41, 5.74) is 4.09. The molecule has 1 saturated heterocycles. The molecule has 2 aromatic rings. The summed E-state index contributed by atoms with van der Waals surface area (Å²) in [6.07, 6.45) is 8.63. The first kappa shape index (κ1) is 16.3.